The minimum atomic E-state index is 1.23. The van der Waals surface area contributed by atoms with E-state index in [1.165, 1.54) is 63.3 Å². The van der Waals surface area contributed by atoms with E-state index in [1.807, 2.05) is 11.3 Å². The quantitative estimate of drug-likeness (QED) is 0.310. The number of fused-ring (bicyclic) bond motifs is 7. The van der Waals surface area contributed by atoms with Gasteiger partial charge in [0.1, 0.15) is 0 Å². The summed E-state index contributed by atoms with van der Waals surface area (Å²) in [6, 6.07) is 24.3. The summed E-state index contributed by atoms with van der Waals surface area (Å²) in [4.78, 5) is 1.61. The lowest BCUT2D eigenvalue weighted by Crippen LogP contribution is -1.99. The topological polar surface area (TPSA) is 4.93 Å². The van der Waals surface area contributed by atoms with Gasteiger partial charge in [-0.05, 0) is 55.5 Å². The van der Waals surface area contributed by atoms with Gasteiger partial charge >= 0.3 is 0 Å². The second-order valence-corrected chi connectivity index (χ2v) is 8.37. The minimum Gasteiger partial charge on any atom is -0.309 e. The molecule has 2 aromatic heterocycles. The highest BCUT2D eigenvalue weighted by molar-refractivity contribution is 7.19. The molecule has 0 radical (unpaired) electrons. The molecule has 1 aliphatic carbocycles. The molecule has 6 rings (SSSR count). The van der Waals surface area contributed by atoms with E-state index in [4.69, 9.17) is 0 Å². The molecule has 2 heterocycles. The van der Waals surface area contributed by atoms with Gasteiger partial charge in [-0.2, -0.15) is 0 Å². The Balaban J connectivity index is 1.88. The SMILES string of the molecule is c1ccc(-n2c3ccccc3c3ccc4sc5c(c4c32)CCCC5)cc1. The van der Waals surface area contributed by atoms with Gasteiger partial charge in [-0.1, -0.05) is 42.5 Å². The van der Waals surface area contributed by atoms with Gasteiger partial charge in [-0.15, -0.1) is 11.3 Å². The van der Waals surface area contributed by atoms with Crippen molar-refractivity contribution in [2.75, 3.05) is 0 Å². The van der Waals surface area contributed by atoms with Gasteiger partial charge in [-0.3, -0.25) is 0 Å². The first kappa shape index (κ1) is 14.6. The van der Waals surface area contributed by atoms with Gasteiger partial charge in [-0.25, -0.2) is 0 Å². The van der Waals surface area contributed by atoms with E-state index >= 15 is 0 Å². The van der Waals surface area contributed by atoms with Crippen molar-refractivity contribution in [3.63, 3.8) is 0 Å². The first-order chi connectivity index (χ1) is 12.9. The van der Waals surface area contributed by atoms with Crippen molar-refractivity contribution < 1.29 is 0 Å². The Morgan fingerprint density at radius 2 is 1.54 bits per heavy atom. The van der Waals surface area contributed by atoms with Crippen LogP contribution in [0, 0.1) is 0 Å². The number of benzene rings is 3. The molecule has 0 atom stereocenters. The highest BCUT2D eigenvalue weighted by atomic mass is 32.1. The van der Waals surface area contributed by atoms with Crippen LogP contribution < -0.4 is 0 Å². The summed E-state index contributed by atoms with van der Waals surface area (Å²) in [5.74, 6) is 0. The molecule has 0 unspecified atom stereocenters. The van der Waals surface area contributed by atoms with E-state index in [9.17, 15) is 0 Å². The van der Waals surface area contributed by atoms with Crippen molar-refractivity contribution >= 4 is 43.2 Å². The van der Waals surface area contributed by atoms with Crippen molar-refractivity contribution in [2.24, 2.45) is 0 Å². The van der Waals surface area contributed by atoms with E-state index in [2.05, 4.69) is 71.3 Å². The zero-order valence-corrected chi connectivity index (χ0v) is 15.4. The molecule has 1 nitrogen and oxygen atoms in total. The maximum absolute atomic E-state index is 2.48. The van der Waals surface area contributed by atoms with Gasteiger partial charge in [0.15, 0.2) is 0 Å². The predicted molar refractivity (Wildman–Crippen MR) is 113 cm³/mol. The molecule has 126 valence electrons. The molecule has 0 saturated carbocycles. The average molecular weight is 353 g/mol. The van der Waals surface area contributed by atoms with Gasteiger partial charge in [0, 0.05) is 31.4 Å². The first-order valence-corrected chi connectivity index (χ1v) is 10.3. The Morgan fingerprint density at radius 1 is 0.731 bits per heavy atom. The monoisotopic (exact) mass is 353 g/mol. The zero-order valence-electron chi connectivity index (χ0n) is 14.5. The highest BCUT2D eigenvalue weighted by Gasteiger charge is 2.21. The van der Waals surface area contributed by atoms with E-state index in [1.54, 1.807) is 10.4 Å². The molecule has 1 aliphatic rings. The zero-order chi connectivity index (χ0) is 17.1. The lowest BCUT2D eigenvalue weighted by Gasteiger charge is -2.13. The summed E-state index contributed by atoms with van der Waals surface area (Å²) in [6.45, 7) is 0. The van der Waals surface area contributed by atoms with Crippen molar-refractivity contribution in [2.45, 2.75) is 25.7 Å². The largest absolute Gasteiger partial charge is 0.309 e. The molecule has 0 spiro atoms. The molecular weight excluding hydrogens is 334 g/mol. The van der Waals surface area contributed by atoms with Crippen LogP contribution in [0.25, 0.3) is 37.6 Å². The molecule has 26 heavy (non-hydrogen) atoms. The molecule has 0 fully saturated rings. The second-order valence-electron chi connectivity index (χ2n) is 7.23. The van der Waals surface area contributed by atoms with Crippen molar-refractivity contribution in [1.82, 2.24) is 4.57 Å². The van der Waals surface area contributed by atoms with Crippen molar-refractivity contribution in [3.05, 3.63) is 77.2 Å². The van der Waals surface area contributed by atoms with Crippen LogP contribution in [0.1, 0.15) is 23.3 Å². The van der Waals surface area contributed by atoms with Crippen LogP contribution in [0.4, 0.5) is 0 Å². The smallest absolute Gasteiger partial charge is 0.0630 e. The number of aromatic nitrogens is 1. The van der Waals surface area contributed by atoms with Gasteiger partial charge < -0.3 is 4.57 Å². The molecule has 3 aromatic carbocycles. The van der Waals surface area contributed by atoms with Crippen LogP contribution in [-0.4, -0.2) is 4.57 Å². The lowest BCUT2D eigenvalue weighted by molar-refractivity contribution is 0.700. The summed E-state index contributed by atoms with van der Waals surface area (Å²) in [5.41, 5.74) is 5.56. The number of aryl methyl sites for hydroxylation is 2. The summed E-state index contributed by atoms with van der Waals surface area (Å²) >= 11 is 2.02. The average Bonchev–Trinajstić information content (AvgIpc) is 3.24. The summed E-state index contributed by atoms with van der Waals surface area (Å²) in [5, 5.41) is 4.23. The number of thiophene rings is 1. The Morgan fingerprint density at radius 3 is 2.46 bits per heavy atom. The first-order valence-electron chi connectivity index (χ1n) is 9.43. The lowest BCUT2D eigenvalue weighted by atomic mass is 9.95. The predicted octanol–water partition coefficient (Wildman–Crippen LogP) is 6.88. The van der Waals surface area contributed by atoms with E-state index in [0.717, 1.165) is 0 Å². The van der Waals surface area contributed by atoms with Crippen LogP contribution in [-0.2, 0) is 12.8 Å². The Kier molecular flexibility index (Phi) is 3.06. The molecule has 0 N–H and O–H groups in total. The fraction of sp³-hybridized carbons (Fsp3) is 0.167. The summed E-state index contributed by atoms with van der Waals surface area (Å²) in [7, 11) is 0. The summed E-state index contributed by atoms with van der Waals surface area (Å²) in [6.07, 6.45) is 5.14. The number of para-hydroxylation sites is 2. The van der Waals surface area contributed by atoms with Crippen molar-refractivity contribution in [3.8, 4) is 5.69 Å². The number of rotatable bonds is 1. The fourth-order valence-corrected chi connectivity index (χ4v) is 5.95. The molecular formula is C24H19NS. The maximum Gasteiger partial charge on any atom is 0.0630 e. The molecule has 5 aromatic rings. The van der Waals surface area contributed by atoms with E-state index in [0.29, 0.717) is 0 Å². The van der Waals surface area contributed by atoms with Crippen LogP contribution in [0.3, 0.4) is 0 Å². The molecule has 0 amide bonds. The van der Waals surface area contributed by atoms with Crippen LogP contribution in [0.15, 0.2) is 66.7 Å². The Hall–Kier alpha value is -2.58. The third-order valence-corrected chi connectivity index (χ3v) is 7.02. The number of hydrogen-bond donors (Lipinski definition) is 0. The Bertz CT molecular complexity index is 1270. The molecule has 0 saturated heterocycles. The third kappa shape index (κ3) is 1.91. The number of nitrogens with zero attached hydrogens (tertiary/aromatic N) is 1. The van der Waals surface area contributed by atoms with Gasteiger partial charge in [0.2, 0.25) is 0 Å². The third-order valence-electron chi connectivity index (χ3n) is 5.76. The fourth-order valence-electron chi connectivity index (χ4n) is 4.65. The maximum atomic E-state index is 2.48. The van der Waals surface area contributed by atoms with E-state index < -0.39 is 0 Å². The van der Waals surface area contributed by atoms with Crippen LogP contribution in [0.5, 0.6) is 0 Å². The Labute approximate surface area is 156 Å². The van der Waals surface area contributed by atoms with Crippen LogP contribution in [0.2, 0.25) is 0 Å². The normalized spacial score (nSPS) is 14.3. The molecule has 0 aliphatic heterocycles. The highest BCUT2D eigenvalue weighted by Crippen LogP contribution is 2.43. The molecule has 0 bridgehead atoms. The van der Waals surface area contributed by atoms with Crippen molar-refractivity contribution in [1.29, 1.82) is 0 Å². The van der Waals surface area contributed by atoms with Gasteiger partial charge in [0.05, 0.1) is 11.0 Å². The molecule has 2 heteroatoms. The standard InChI is InChI=1S/C24H19NS/c1-2-8-16(9-3-1)25-20-12-6-4-10-17(20)18-14-15-22-23(24(18)25)19-11-5-7-13-21(19)26-22/h1-4,6,8-10,12,14-15H,5,7,11,13H2. The van der Waals surface area contributed by atoms with Crippen LogP contribution >= 0.6 is 11.3 Å². The minimum absolute atomic E-state index is 1.23. The second kappa shape index (κ2) is 5.46. The van der Waals surface area contributed by atoms with Gasteiger partial charge in [0.25, 0.3) is 0 Å². The summed E-state index contributed by atoms with van der Waals surface area (Å²) < 4.78 is 3.93. The number of hydrogen-bond acceptors (Lipinski definition) is 1. The van der Waals surface area contributed by atoms with E-state index in [-0.39, 0.29) is 0 Å².